The Balaban J connectivity index is 1.80. The SMILES string of the molecule is O=C(Nc1ccncc1)c1[nH]c(-c2cccnc2)[n+]2ccccc12. The summed E-state index contributed by atoms with van der Waals surface area (Å²) in [6.45, 7) is 0. The average molecular weight is 316 g/mol. The highest BCUT2D eigenvalue weighted by Crippen LogP contribution is 2.17. The number of amides is 1. The molecule has 0 bridgehead atoms. The minimum atomic E-state index is -0.208. The van der Waals surface area contributed by atoms with Crippen molar-refractivity contribution < 1.29 is 9.20 Å². The maximum atomic E-state index is 12.7. The van der Waals surface area contributed by atoms with Gasteiger partial charge in [-0.25, -0.2) is 4.98 Å². The van der Waals surface area contributed by atoms with Crippen molar-refractivity contribution in [2.24, 2.45) is 0 Å². The Morgan fingerprint density at radius 2 is 1.88 bits per heavy atom. The van der Waals surface area contributed by atoms with Crippen LogP contribution in [0.2, 0.25) is 0 Å². The number of hydrogen-bond acceptors (Lipinski definition) is 3. The summed E-state index contributed by atoms with van der Waals surface area (Å²) in [5.74, 6) is 0.596. The van der Waals surface area contributed by atoms with Crippen molar-refractivity contribution in [3.63, 3.8) is 0 Å². The van der Waals surface area contributed by atoms with Gasteiger partial charge in [0.15, 0.2) is 5.52 Å². The van der Waals surface area contributed by atoms with Gasteiger partial charge in [0.1, 0.15) is 0 Å². The molecule has 6 nitrogen and oxygen atoms in total. The summed E-state index contributed by atoms with van der Waals surface area (Å²) in [5.41, 5.74) is 2.89. The number of imidazole rings is 1. The lowest BCUT2D eigenvalue weighted by atomic mass is 10.3. The molecule has 2 N–H and O–H groups in total. The van der Waals surface area contributed by atoms with E-state index in [0.717, 1.165) is 16.9 Å². The lowest BCUT2D eigenvalue weighted by molar-refractivity contribution is -0.498. The Bertz CT molecular complexity index is 996. The quantitative estimate of drug-likeness (QED) is 0.570. The van der Waals surface area contributed by atoms with Gasteiger partial charge in [0.2, 0.25) is 5.69 Å². The van der Waals surface area contributed by atoms with Crippen molar-refractivity contribution in [2.75, 3.05) is 5.32 Å². The van der Waals surface area contributed by atoms with Gasteiger partial charge in [0.05, 0.1) is 11.8 Å². The maximum Gasteiger partial charge on any atom is 0.299 e. The minimum absolute atomic E-state index is 0.208. The van der Waals surface area contributed by atoms with Gasteiger partial charge < -0.3 is 5.32 Å². The van der Waals surface area contributed by atoms with E-state index in [4.69, 9.17) is 0 Å². The molecule has 0 aliphatic carbocycles. The van der Waals surface area contributed by atoms with Crippen LogP contribution < -0.4 is 9.72 Å². The van der Waals surface area contributed by atoms with Crippen LogP contribution in [0.25, 0.3) is 16.9 Å². The van der Waals surface area contributed by atoms with Crippen molar-refractivity contribution in [1.29, 1.82) is 0 Å². The van der Waals surface area contributed by atoms with Crippen LogP contribution in [0.3, 0.4) is 0 Å². The van der Waals surface area contributed by atoms with E-state index in [9.17, 15) is 4.79 Å². The molecular weight excluding hydrogens is 302 g/mol. The van der Waals surface area contributed by atoms with Crippen molar-refractivity contribution >= 4 is 17.1 Å². The Morgan fingerprint density at radius 1 is 1.00 bits per heavy atom. The summed E-state index contributed by atoms with van der Waals surface area (Å²) in [7, 11) is 0. The zero-order valence-corrected chi connectivity index (χ0v) is 12.7. The fourth-order valence-corrected chi connectivity index (χ4v) is 2.60. The summed E-state index contributed by atoms with van der Waals surface area (Å²) < 4.78 is 1.94. The molecule has 0 fully saturated rings. The molecule has 6 heteroatoms. The molecule has 4 aromatic rings. The van der Waals surface area contributed by atoms with E-state index in [1.165, 1.54) is 0 Å². The monoisotopic (exact) mass is 316 g/mol. The molecular formula is C18H14N5O+. The zero-order valence-electron chi connectivity index (χ0n) is 12.7. The summed E-state index contributed by atoms with van der Waals surface area (Å²) in [5, 5.41) is 2.88. The molecule has 4 rings (SSSR count). The first-order valence-corrected chi connectivity index (χ1v) is 7.47. The van der Waals surface area contributed by atoms with Gasteiger partial charge in [0.25, 0.3) is 11.7 Å². The van der Waals surface area contributed by atoms with E-state index in [0.29, 0.717) is 11.4 Å². The van der Waals surface area contributed by atoms with E-state index in [2.05, 4.69) is 20.3 Å². The van der Waals surface area contributed by atoms with E-state index in [1.54, 1.807) is 36.9 Å². The molecule has 0 aliphatic heterocycles. The van der Waals surface area contributed by atoms with Crippen LogP contribution in [0.4, 0.5) is 5.69 Å². The zero-order chi connectivity index (χ0) is 16.4. The number of aromatic nitrogens is 4. The van der Waals surface area contributed by atoms with Crippen LogP contribution in [-0.2, 0) is 0 Å². The number of rotatable bonds is 3. The number of nitrogens with zero attached hydrogens (tertiary/aromatic N) is 3. The van der Waals surface area contributed by atoms with Crippen molar-refractivity contribution in [3.05, 3.63) is 79.1 Å². The molecule has 0 unspecified atom stereocenters. The number of aromatic amines is 1. The first-order valence-electron chi connectivity index (χ1n) is 7.47. The third kappa shape index (κ3) is 2.50. The fraction of sp³-hybridized carbons (Fsp3) is 0. The Labute approximate surface area is 137 Å². The fourth-order valence-electron chi connectivity index (χ4n) is 2.60. The average Bonchev–Trinajstić information content (AvgIpc) is 3.03. The van der Waals surface area contributed by atoms with Crippen LogP contribution in [0.5, 0.6) is 0 Å². The van der Waals surface area contributed by atoms with Crippen LogP contribution >= 0.6 is 0 Å². The molecule has 1 amide bonds. The van der Waals surface area contributed by atoms with Gasteiger partial charge in [-0.2, -0.15) is 4.40 Å². The largest absolute Gasteiger partial charge is 0.319 e. The number of anilines is 1. The summed E-state index contributed by atoms with van der Waals surface area (Å²) in [4.78, 5) is 24.0. The molecule has 24 heavy (non-hydrogen) atoms. The van der Waals surface area contributed by atoms with Crippen molar-refractivity contribution in [3.8, 4) is 11.4 Å². The molecule has 0 saturated heterocycles. The number of hydrogen-bond donors (Lipinski definition) is 2. The predicted octanol–water partition coefficient (Wildman–Crippen LogP) is 2.46. The highest BCUT2D eigenvalue weighted by molar-refractivity contribution is 6.07. The molecule has 4 aromatic heterocycles. The van der Waals surface area contributed by atoms with Gasteiger partial charge in [0, 0.05) is 30.5 Å². The third-order valence-corrected chi connectivity index (χ3v) is 3.70. The summed E-state index contributed by atoms with van der Waals surface area (Å²) in [6, 6.07) is 13.0. The normalized spacial score (nSPS) is 10.7. The molecule has 0 aliphatic rings. The van der Waals surface area contributed by atoms with E-state index in [1.807, 2.05) is 40.9 Å². The molecule has 116 valence electrons. The van der Waals surface area contributed by atoms with Gasteiger partial charge in [-0.05, 0) is 36.4 Å². The predicted molar refractivity (Wildman–Crippen MR) is 89.4 cm³/mol. The standard InChI is InChI=1S/C18H13N5O/c24-18(21-14-6-9-19-10-7-14)16-15-5-1-2-11-23(15)17(22-16)13-4-3-8-20-12-13/h1-12H,(H,19,21,24)/p+1. The van der Waals surface area contributed by atoms with Crippen molar-refractivity contribution in [1.82, 2.24) is 15.0 Å². The smallest absolute Gasteiger partial charge is 0.299 e. The lowest BCUT2D eigenvalue weighted by Crippen LogP contribution is -2.22. The number of carbonyl (C=O) groups excluding carboxylic acids is 1. The van der Waals surface area contributed by atoms with Crippen LogP contribution in [0.1, 0.15) is 10.5 Å². The summed E-state index contributed by atoms with van der Waals surface area (Å²) in [6.07, 6.45) is 8.67. The first-order chi connectivity index (χ1) is 11.8. The Hall–Kier alpha value is -3.54. The highest BCUT2D eigenvalue weighted by atomic mass is 16.1. The van der Waals surface area contributed by atoms with Gasteiger partial charge in [-0.3, -0.25) is 14.8 Å². The first kappa shape index (κ1) is 14.1. The molecule has 0 radical (unpaired) electrons. The number of pyridine rings is 3. The second-order valence-electron chi connectivity index (χ2n) is 5.24. The molecule has 0 aromatic carbocycles. The molecule has 0 atom stereocenters. The molecule has 0 spiro atoms. The Kier molecular flexibility index (Phi) is 3.47. The number of H-pyrrole nitrogens is 1. The van der Waals surface area contributed by atoms with E-state index < -0.39 is 0 Å². The van der Waals surface area contributed by atoms with E-state index >= 15 is 0 Å². The topological polar surface area (TPSA) is 74.8 Å². The second kappa shape index (κ2) is 5.92. The summed E-state index contributed by atoms with van der Waals surface area (Å²) >= 11 is 0. The number of fused-ring (bicyclic) bond motifs is 1. The van der Waals surface area contributed by atoms with Gasteiger partial charge in [-0.15, -0.1) is 0 Å². The van der Waals surface area contributed by atoms with E-state index in [-0.39, 0.29) is 5.91 Å². The molecule has 4 heterocycles. The van der Waals surface area contributed by atoms with Crippen LogP contribution in [0.15, 0.2) is 73.4 Å². The van der Waals surface area contributed by atoms with Gasteiger partial charge in [-0.1, -0.05) is 6.07 Å². The minimum Gasteiger partial charge on any atom is -0.319 e. The number of carbonyl (C=O) groups is 1. The van der Waals surface area contributed by atoms with Gasteiger partial charge >= 0.3 is 0 Å². The second-order valence-corrected chi connectivity index (χ2v) is 5.24. The Morgan fingerprint density at radius 3 is 2.67 bits per heavy atom. The van der Waals surface area contributed by atoms with Crippen molar-refractivity contribution in [2.45, 2.75) is 0 Å². The van der Waals surface area contributed by atoms with Crippen LogP contribution in [-0.4, -0.2) is 20.9 Å². The highest BCUT2D eigenvalue weighted by Gasteiger charge is 2.24. The lowest BCUT2D eigenvalue weighted by Gasteiger charge is -2.00. The maximum absolute atomic E-state index is 12.7. The third-order valence-electron chi connectivity index (χ3n) is 3.70. The molecule has 0 saturated carbocycles. The number of nitrogens with one attached hydrogen (secondary N) is 2. The van der Waals surface area contributed by atoms with Crippen LogP contribution in [0, 0.1) is 0 Å².